The Kier molecular flexibility index (Phi) is 4.83. The van der Waals surface area contributed by atoms with Crippen molar-refractivity contribution in [3.05, 3.63) is 12.7 Å². The molecule has 2 N–H and O–H groups in total. The molecule has 2 aromatic rings. The minimum absolute atomic E-state index is 0.00824. The van der Waals surface area contributed by atoms with Crippen LogP contribution in [0.3, 0.4) is 0 Å². The average Bonchev–Trinajstić information content (AvgIpc) is 2.88. The van der Waals surface area contributed by atoms with Gasteiger partial charge in [-0.2, -0.15) is 0 Å². The minimum atomic E-state index is -0.00824. The summed E-state index contributed by atoms with van der Waals surface area (Å²) in [5.74, 6) is 0.493. The molecule has 0 aromatic carbocycles. The Morgan fingerprint density at radius 2 is 2.05 bits per heavy atom. The van der Waals surface area contributed by atoms with Crippen molar-refractivity contribution >= 4 is 22.9 Å². The van der Waals surface area contributed by atoms with Gasteiger partial charge in [-0.3, -0.25) is 4.79 Å². The van der Waals surface area contributed by atoms with Crippen LogP contribution in [-0.2, 0) is 4.79 Å². The number of anilines is 1. The maximum atomic E-state index is 11.8. The van der Waals surface area contributed by atoms with E-state index in [-0.39, 0.29) is 5.91 Å². The van der Waals surface area contributed by atoms with Gasteiger partial charge in [0.05, 0.1) is 6.33 Å². The van der Waals surface area contributed by atoms with Gasteiger partial charge >= 0.3 is 0 Å². The number of carbonyl (C=O) groups excluding carboxylic acids is 1. The number of fused-ring (bicyclic) bond motifs is 1. The summed E-state index contributed by atoms with van der Waals surface area (Å²) in [7, 11) is 0. The summed E-state index contributed by atoms with van der Waals surface area (Å²) in [6.45, 7) is 2.18. The van der Waals surface area contributed by atoms with Crippen molar-refractivity contribution in [1.82, 2.24) is 19.9 Å². The van der Waals surface area contributed by atoms with Crippen molar-refractivity contribution in [3.8, 4) is 0 Å². The lowest BCUT2D eigenvalue weighted by atomic mass is 10.1. The van der Waals surface area contributed by atoms with Gasteiger partial charge in [0, 0.05) is 6.42 Å². The molecule has 1 amide bonds. The van der Waals surface area contributed by atoms with Crippen LogP contribution in [0.15, 0.2) is 12.7 Å². The number of aromatic nitrogens is 4. The van der Waals surface area contributed by atoms with Gasteiger partial charge < -0.3 is 10.3 Å². The van der Waals surface area contributed by atoms with E-state index >= 15 is 0 Å². The van der Waals surface area contributed by atoms with Crippen LogP contribution in [0, 0.1) is 0 Å². The lowest BCUT2D eigenvalue weighted by Crippen LogP contribution is -2.12. The molecule has 2 rings (SSSR count). The van der Waals surface area contributed by atoms with Gasteiger partial charge in [0.2, 0.25) is 5.91 Å². The Bertz CT molecular complexity index is 537. The Morgan fingerprint density at radius 1 is 1.21 bits per heavy atom. The highest BCUT2D eigenvalue weighted by Gasteiger charge is 2.08. The van der Waals surface area contributed by atoms with Crippen molar-refractivity contribution in [1.29, 1.82) is 0 Å². The third-order valence-corrected chi connectivity index (χ3v) is 2.99. The fraction of sp³-hybridized carbons (Fsp3) is 0.538. The predicted molar refractivity (Wildman–Crippen MR) is 73.7 cm³/mol. The third-order valence-electron chi connectivity index (χ3n) is 2.99. The minimum Gasteiger partial charge on any atom is -0.340 e. The van der Waals surface area contributed by atoms with Gasteiger partial charge in [-0.15, -0.1) is 0 Å². The highest BCUT2D eigenvalue weighted by Crippen LogP contribution is 2.15. The molecular formula is C13H19N5O. The number of hydrogen-bond donors (Lipinski definition) is 2. The zero-order valence-corrected chi connectivity index (χ0v) is 11.1. The molecule has 2 aromatic heterocycles. The zero-order chi connectivity index (χ0) is 13.5. The van der Waals surface area contributed by atoms with Crippen LogP contribution >= 0.6 is 0 Å². The second-order valence-electron chi connectivity index (χ2n) is 4.54. The molecule has 0 aliphatic carbocycles. The van der Waals surface area contributed by atoms with E-state index in [1.165, 1.54) is 25.6 Å². The molecule has 19 heavy (non-hydrogen) atoms. The summed E-state index contributed by atoms with van der Waals surface area (Å²) < 4.78 is 0. The van der Waals surface area contributed by atoms with Gasteiger partial charge in [0.15, 0.2) is 11.5 Å². The van der Waals surface area contributed by atoms with E-state index in [0.29, 0.717) is 23.4 Å². The van der Waals surface area contributed by atoms with Crippen molar-refractivity contribution in [2.75, 3.05) is 5.32 Å². The van der Waals surface area contributed by atoms with E-state index in [1.54, 1.807) is 6.33 Å². The predicted octanol–water partition coefficient (Wildman–Crippen LogP) is 2.65. The van der Waals surface area contributed by atoms with Crippen LogP contribution in [-0.4, -0.2) is 25.8 Å². The first kappa shape index (κ1) is 13.5. The number of aromatic amines is 1. The van der Waals surface area contributed by atoms with E-state index < -0.39 is 0 Å². The number of rotatable bonds is 7. The number of carbonyl (C=O) groups is 1. The summed E-state index contributed by atoms with van der Waals surface area (Å²) in [5.41, 5.74) is 1.23. The van der Waals surface area contributed by atoms with Crippen LogP contribution in [0.25, 0.3) is 11.2 Å². The maximum Gasteiger partial charge on any atom is 0.225 e. The molecule has 0 atom stereocenters. The molecular weight excluding hydrogens is 242 g/mol. The molecule has 0 fully saturated rings. The molecule has 6 nitrogen and oxygen atoms in total. The molecule has 2 heterocycles. The SMILES string of the molecule is CCCCCCCC(=O)Nc1ncnc2nc[nH]c12. The van der Waals surface area contributed by atoms with Gasteiger partial charge in [-0.1, -0.05) is 32.6 Å². The fourth-order valence-electron chi connectivity index (χ4n) is 1.94. The number of nitrogens with one attached hydrogen (secondary N) is 2. The van der Waals surface area contributed by atoms with Crippen LogP contribution < -0.4 is 5.32 Å². The van der Waals surface area contributed by atoms with E-state index in [1.807, 2.05) is 0 Å². The normalized spacial score (nSPS) is 10.8. The smallest absolute Gasteiger partial charge is 0.225 e. The summed E-state index contributed by atoms with van der Waals surface area (Å²) in [4.78, 5) is 26.8. The summed E-state index contributed by atoms with van der Waals surface area (Å²) in [5, 5.41) is 2.80. The topological polar surface area (TPSA) is 83.6 Å². The van der Waals surface area contributed by atoms with Crippen LogP contribution in [0.2, 0.25) is 0 Å². The Balaban J connectivity index is 1.83. The van der Waals surface area contributed by atoms with Crippen LogP contribution in [0.1, 0.15) is 45.4 Å². The summed E-state index contributed by atoms with van der Waals surface area (Å²) in [6, 6.07) is 0. The first-order valence-corrected chi connectivity index (χ1v) is 6.75. The largest absolute Gasteiger partial charge is 0.340 e. The molecule has 0 spiro atoms. The molecule has 102 valence electrons. The Labute approximate surface area is 112 Å². The fourth-order valence-corrected chi connectivity index (χ4v) is 1.94. The molecule has 0 saturated carbocycles. The van der Waals surface area contributed by atoms with Crippen molar-refractivity contribution < 1.29 is 4.79 Å². The molecule has 0 aliphatic heterocycles. The van der Waals surface area contributed by atoms with Crippen LogP contribution in [0.5, 0.6) is 0 Å². The molecule has 0 bridgehead atoms. The lowest BCUT2D eigenvalue weighted by molar-refractivity contribution is -0.116. The number of imidazole rings is 1. The standard InChI is InChI=1S/C13H19N5O/c1-2-3-4-5-6-7-10(19)18-13-11-12(15-8-14-11)16-9-17-13/h8-9H,2-7H2,1H3,(H2,14,15,16,17,18,19). The maximum absolute atomic E-state index is 11.8. The summed E-state index contributed by atoms with van der Waals surface area (Å²) >= 11 is 0. The zero-order valence-electron chi connectivity index (χ0n) is 11.1. The van der Waals surface area contributed by atoms with E-state index in [0.717, 1.165) is 12.8 Å². The van der Waals surface area contributed by atoms with Crippen molar-refractivity contribution in [2.24, 2.45) is 0 Å². The molecule has 6 heteroatoms. The number of amides is 1. The lowest BCUT2D eigenvalue weighted by Gasteiger charge is -2.04. The highest BCUT2D eigenvalue weighted by atomic mass is 16.1. The highest BCUT2D eigenvalue weighted by molar-refractivity contribution is 5.96. The Hall–Kier alpha value is -1.98. The molecule has 0 saturated heterocycles. The quantitative estimate of drug-likeness (QED) is 0.750. The monoisotopic (exact) mass is 261 g/mol. The van der Waals surface area contributed by atoms with Gasteiger partial charge in [-0.25, -0.2) is 15.0 Å². The van der Waals surface area contributed by atoms with E-state index in [9.17, 15) is 4.79 Å². The first-order chi connectivity index (χ1) is 9.31. The van der Waals surface area contributed by atoms with Crippen molar-refractivity contribution in [3.63, 3.8) is 0 Å². The van der Waals surface area contributed by atoms with Gasteiger partial charge in [0.25, 0.3) is 0 Å². The first-order valence-electron chi connectivity index (χ1n) is 6.75. The third kappa shape index (κ3) is 3.74. The number of unbranched alkanes of at least 4 members (excludes halogenated alkanes) is 4. The average molecular weight is 261 g/mol. The van der Waals surface area contributed by atoms with Crippen molar-refractivity contribution in [2.45, 2.75) is 45.4 Å². The molecule has 0 radical (unpaired) electrons. The van der Waals surface area contributed by atoms with Crippen LogP contribution in [0.4, 0.5) is 5.82 Å². The second-order valence-corrected chi connectivity index (χ2v) is 4.54. The van der Waals surface area contributed by atoms with Gasteiger partial charge in [-0.05, 0) is 6.42 Å². The van der Waals surface area contributed by atoms with E-state index in [2.05, 4.69) is 32.2 Å². The molecule has 0 unspecified atom stereocenters. The number of H-pyrrole nitrogens is 1. The van der Waals surface area contributed by atoms with E-state index in [4.69, 9.17) is 0 Å². The summed E-state index contributed by atoms with van der Waals surface area (Å²) in [6.07, 6.45) is 9.14. The number of nitrogens with zero attached hydrogens (tertiary/aromatic N) is 3. The Morgan fingerprint density at radius 3 is 2.89 bits per heavy atom. The molecule has 0 aliphatic rings. The number of hydrogen-bond acceptors (Lipinski definition) is 4. The second kappa shape index (κ2) is 6.82. The van der Waals surface area contributed by atoms with Gasteiger partial charge in [0.1, 0.15) is 11.8 Å².